The molecular formula is C10H16N2O2. The Bertz CT molecular complexity index is 259. The molecule has 1 aromatic heterocycles. The van der Waals surface area contributed by atoms with Crippen LogP contribution in [0.1, 0.15) is 31.2 Å². The van der Waals surface area contributed by atoms with E-state index in [-0.39, 0.29) is 6.79 Å². The van der Waals surface area contributed by atoms with Crippen molar-refractivity contribution in [2.45, 2.75) is 26.4 Å². The van der Waals surface area contributed by atoms with Crippen LogP contribution in [-0.2, 0) is 16.1 Å². The molecule has 0 aromatic carbocycles. The lowest BCUT2D eigenvalue weighted by Gasteiger charge is -2.05. The highest BCUT2D eigenvalue weighted by molar-refractivity contribution is 5.09. The Labute approximate surface area is 84.3 Å². The molecule has 78 valence electrons. The summed E-state index contributed by atoms with van der Waals surface area (Å²) in [6.07, 6.45) is 3.67. The summed E-state index contributed by atoms with van der Waals surface area (Å²) in [4.78, 5) is 8.36. The Morgan fingerprint density at radius 2 is 1.93 bits per heavy atom. The largest absolute Gasteiger partial charge is 0.359 e. The topological polar surface area (TPSA) is 44.2 Å². The second-order valence-electron chi connectivity index (χ2n) is 3.34. The molecule has 0 radical (unpaired) electrons. The van der Waals surface area contributed by atoms with Gasteiger partial charge in [0.2, 0.25) is 0 Å². The van der Waals surface area contributed by atoms with Gasteiger partial charge in [0, 0.05) is 19.5 Å². The van der Waals surface area contributed by atoms with Gasteiger partial charge in [-0.3, -0.25) is 0 Å². The van der Waals surface area contributed by atoms with Crippen molar-refractivity contribution in [2.75, 3.05) is 13.9 Å². The van der Waals surface area contributed by atoms with Crippen molar-refractivity contribution in [3.05, 3.63) is 23.8 Å². The normalized spacial score (nSPS) is 10.9. The fourth-order valence-electron chi connectivity index (χ4n) is 0.954. The van der Waals surface area contributed by atoms with Crippen molar-refractivity contribution in [1.29, 1.82) is 0 Å². The third-order valence-corrected chi connectivity index (χ3v) is 1.82. The molecule has 0 amide bonds. The van der Waals surface area contributed by atoms with Crippen LogP contribution in [-0.4, -0.2) is 23.9 Å². The van der Waals surface area contributed by atoms with Crippen LogP contribution >= 0.6 is 0 Å². The van der Waals surface area contributed by atoms with E-state index >= 15 is 0 Å². The first-order valence-corrected chi connectivity index (χ1v) is 4.61. The Hall–Kier alpha value is -1.00. The van der Waals surface area contributed by atoms with E-state index in [1.54, 1.807) is 7.11 Å². The van der Waals surface area contributed by atoms with Crippen LogP contribution in [0.3, 0.4) is 0 Å². The Balaban J connectivity index is 2.47. The number of methoxy groups -OCH3 is 1. The van der Waals surface area contributed by atoms with Gasteiger partial charge in [0.1, 0.15) is 13.4 Å². The minimum absolute atomic E-state index is 0.273. The highest BCUT2D eigenvalue weighted by atomic mass is 16.7. The molecule has 0 atom stereocenters. The maximum atomic E-state index is 5.12. The number of nitrogens with zero attached hydrogens (tertiary/aromatic N) is 2. The quantitative estimate of drug-likeness (QED) is 0.531. The van der Waals surface area contributed by atoms with Gasteiger partial charge < -0.3 is 9.47 Å². The summed E-state index contributed by atoms with van der Waals surface area (Å²) in [5, 5.41) is 0. The SMILES string of the molecule is COCOCc1ncc(C(C)C)cn1. The van der Waals surface area contributed by atoms with Crippen molar-refractivity contribution < 1.29 is 9.47 Å². The van der Waals surface area contributed by atoms with Crippen LogP contribution in [0.2, 0.25) is 0 Å². The molecule has 4 heteroatoms. The van der Waals surface area contributed by atoms with Crippen LogP contribution in [0.15, 0.2) is 12.4 Å². The minimum Gasteiger partial charge on any atom is -0.359 e. The van der Waals surface area contributed by atoms with Crippen molar-refractivity contribution in [2.24, 2.45) is 0 Å². The van der Waals surface area contributed by atoms with E-state index in [1.165, 1.54) is 0 Å². The minimum atomic E-state index is 0.273. The maximum Gasteiger partial charge on any atom is 0.153 e. The second-order valence-corrected chi connectivity index (χ2v) is 3.34. The van der Waals surface area contributed by atoms with Gasteiger partial charge in [-0.2, -0.15) is 0 Å². The predicted molar refractivity (Wildman–Crippen MR) is 52.8 cm³/mol. The molecule has 1 rings (SSSR count). The van der Waals surface area contributed by atoms with E-state index < -0.39 is 0 Å². The number of aromatic nitrogens is 2. The zero-order chi connectivity index (χ0) is 10.4. The molecule has 14 heavy (non-hydrogen) atoms. The Kier molecular flexibility index (Phi) is 4.49. The fraction of sp³-hybridized carbons (Fsp3) is 0.600. The first-order chi connectivity index (χ1) is 6.74. The molecule has 0 aliphatic carbocycles. The summed E-state index contributed by atoms with van der Waals surface area (Å²) in [5.74, 6) is 1.15. The van der Waals surface area contributed by atoms with Crippen LogP contribution in [0.25, 0.3) is 0 Å². The summed E-state index contributed by atoms with van der Waals surface area (Å²) >= 11 is 0. The standard InChI is InChI=1S/C10H16N2O2/c1-8(2)9-4-11-10(12-5-9)6-14-7-13-3/h4-5,8H,6-7H2,1-3H3. The second kappa shape index (κ2) is 5.67. The highest BCUT2D eigenvalue weighted by Gasteiger charge is 2.01. The maximum absolute atomic E-state index is 5.12. The van der Waals surface area contributed by atoms with Crippen LogP contribution in [0.5, 0.6) is 0 Å². The van der Waals surface area contributed by atoms with Crippen molar-refractivity contribution >= 4 is 0 Å². The van der Waals surface area contributed by atoms with Gasteiger partial charge in [0.05, 0.1) is 0 Å². The molecule has 1 aromatic rings. The average molecular weight is 196 g/mol. The molecule has 0 spiro atoms. The molecule has 0 bridgehead atoms. The molecule has 1 heterocycles. The summed E-state index contributed by atoms with van der Waals surface area (Å²) in [6, 6.07) is 0. The number of rotatable bonds is 5. The monoisotopic (exact) mass is 196 g/mol. The summed E-state index contributed by atoms with van der Waals surface area (Å²) in [5.41, 5.74) is 1.14. The summed E-state index contributed by atoms with van der Waals surface area (Å²) in [7, 11) is 1.59. The molecule has 0 N–H and O–H groups in total. The number of ether oxygens (including phenoxy) is 2. The predicted octanol–water partition coefficient (Wildman–Crippen LogP) is 1.72. The lowest BCUT2D eigenvalue weighted by molar-refractivity contribution is -0.0412. The third-order valence-electron chi connectivity index (χ3n) is 1.82. The van der Waals surface area contributed by atoms with Gasteiger partial charge >= 0.3 is 0 Å². The van der Waals surface area contributed by atoms with Gasteiger partial charge in [0.25, 0.3) is 0 Å². The fourth-order valence-corrected chi connectivity index (χ4v) is 0.954. The summed E-state index contributed by atoms with van der Waals surface area (Å²) in [6.45, 7) is 4.89. The average Bonchev–Trinajstić information content (AvgIpc) is 2.19. The summed E-state index contributed by atoms with van der Waals surface area (Å²) < 4.78 is 9.87. The van der Waals surface area contributed by atoms with Crippen LogP contribution in [0, 0.1) is 0 Å². The van der Waals surface area contributed by atoms with Gasteiger partial charge in [-0.1, -0.05) is 13.8 Å². The molecule has 0 saturated heterocycles. The molecule has 4 nitrogen and oxygen atoms in total. The van der Waals surface area contributed by atoms with Crippen LogP contribution in [0.4, 0.5) is 0 Å². The Morgan fingerprint density at radius 1 is 1.29 bits per heavy atom. The highest BCUT2D eigenvalue weighted by Crippen LogP contribution is 2.10. The van der Waals surface area contributed by atoms with Crippen molar-refractivity contribution in [1.82, 2.24) is 9.97 Å². The molecular weight excluding hydrogens is 180 g/mol. The van der Waals surface area contributed by atoms with Gasteiger partial charge in [0.15, 0.2) is 5.82 Å². The van der Waals surface area contributed by atoms with Gasteiger partial charge in [-0.05, 0) is 11.5 Å². The van der Waals surface area contributed by atoms with E-state index in [9.17, 15) is 0 Å². The van der Waals surface area contributed by atoms with E-state index in [2.05, 4.69) is 23.8 Å². The first kappa shape index (κ1) is 11.1. The number of hydrogen-bond donors (Lipinski definition) is 0. The molecule has 0 fully saturated rings. The van der Waals surface area contributed by atoms with Gasteiger partial charge in [-0.15, -0.1) is 0 Å². The molecule has 0 unspecified atom stereocenters. The molecule has 0 aliphatic rings. The lowest BCUT2D eigenvalue weighted by Crippen LogP contribution is -2.02. The van der Waals surface area contributed by atoms with E-state index in [0.717, 1.165) is 5.56 Å². The first-order valence-electron chi connectivity index (χ1n) is 4.61. The van der Waals surface area contributed by atoms with E-state index in [0.29, 0.717) is 18.3 Å². The van der Waals surface area contributed by atoms with Crippen LogP contribution < -0.4 is 0 Å². The number of hydrogen-bond acceptors (Lipinski definition) is 4. The molecule has 0 aliphatic heterocycles. The van der Waals surface area contributed by atoms with Crippen molar-refractivity contribution in [3.8, 4) is 0 Å². The van der Waals surface area contributed by atoms with E-state index in [1.807, 2.05) is 12.4 Å². The zero-order valence-electron chi connectivity index (χ0n) is 8.86. The van der Waals surface area contributed by atoms with Crippen molar-refractivity contribution in [3.63, 3.8) is 0 Å². The Morgan fingerprint density at radius 3 is 2.43 bits per heavy atom. The van der Waals surface area contributed by atoms with Gasteiger partial charge in [-0.25, -0.2) is 9.97 Å². The molecule has 0 saturated carbocycles. The zero-order valence-corrected chi connectivity index (χ0v) is 8.86. The smallest absolute Gasteiger partial charge is 0.153 e. The third kappa shape index (κ3) is 3.40. The van der Waals surface area contributed by atoms with E-state index in [4.69, 9.17) is 9.47 Å². The lowest BCUT2D eigenvalue weighted by atomic mass is 10.1.